The molecular weight excluding hydrogens is 247 g/mol. The van der Waals surface area contributed by atoms with E-state index < -0.39 is 0 Å². The summed E-state index contributed by atoms with van der Waals surface area (Å²) >= 11 is 0. The summed E-state index contributed by atoms with van der Waals surface area (Å²) in [7, 11) is 1.66. The van der Waals surface area contributed by atoms with Crippen LogP contribution in [-0.4, -0.2) is 25.2 Å². The first kappa shape index (κ1) is 15.5. The molecule has 3 nitrogen and oxygen atoms in total. The van der Waals surface area contributed by atoms with Crippen molar-refractivity contribution in [2.45, 2.75) is 18.8 Å². The Hall–Kier alpha value is -0.510. The van der Waals surface area contributed by atoms with Gasteiger partial charge in [0.15, 0.2) is 0 Å². The van der Waals surface area contributed by atoms with Crippen molar-refractivity contribution in [3.05, 3.63) is 23.9 Å². The Morgan fingerprint density at radius 2 is 2.00 bits per heavy atom. The van der Waals surface area contributed by atoms with Crippen molar-refractivity contribution in [2.24, 2.45) is 0 Å². The molecule has 1 aromatic heterocycles. The second-order valence-electron chi connectivity index (χ2n) is 3.66. The smallest absolute Gasteiger partial charge is 0.213 e. The third-order valence-corrected chi connectivity index (χ3v) is 2.78. The number of methoxy groups -OCH3 is 1. The van der Waals surface area contributed by atoms with Crippen molar-refractivity contribution >= 4 is 24.8 Å². The molecule has 1 aromatic rings. The largest absolute Gasteiger partial charge is 0.481 e. The van der Waals surface area contributed by atoms with Crippen molar-refractivity contribution in [2.75, 3.05) is 20.2 Å². The van der Waals surface area contributed by atoms with Crippen molar-refractivity contribution in [3.63, 3.8) is 0 Å². The lowest BCUT2D eigenvalue weighted by molar-refractivity contribution is 0.394. The predicted molar refractivity (Wildman–Crippen MR) is 70.1 cm³/mol. The van der Waals surface area contributed by atoms with Crippen LogP contribution in [-0.2, 0) is 0 Å². The molecule has 5 heteroatoms. The first-order chi connectivity index (χ1) is 6.90. The standard InChI is InChI=1S/C11H16N2O.2ClH/c1-14-11-8-10(4-7-13-11)9-2-5-12-6-3-9;;/h4,7-9,12H,2-3,5-6H2,1H3;2*1H. The first-order valence-corrected chi connectivity index (χ1v) is 5.11. The fourth-order valence-electron chi connectivity index (χ4n) is 1.95. The van der Waals surface area contributed by atoms with Crippen molar-refractivity contribution in [3.8, 4) is 5.88 Å². The zero-order valence-corrected chi connectivity index (χ0v) is 10.9. The minimum Gasteiger partial charge on any atom is -0.481 e. The molecule has 0 atom stereocenters. The van der Waals surface area contributed by atoms with Gasteiger partial charge in [-0.1, -0.05) is 0 Å². The molecule has 1 aliphatic heterocycles. The lowest BCUT2D eigenvalue weighted by Gasteiger charge is -2.22. The number of piperidine rings is 1. The van der Waals surface area contributed by atoms with Crippen LogP contribution in [0, 0.1) is 0 Å². The van der Waals surface area contributed by atoms with Gasteiger partial charge in [-0.15, -0.1) is 24.8 Å². The number of nitrogens with one attached hydrogen (secondary N) is 1. The first-order valence-electron chi connectivity index (χ1n) is 5.11. The van der Waals surface area contributed by atoms with E-state index in [1.807, 2.05) is 6.20 Å². The summed E-state index contributed by atoms with van der Waals surface area (Å²) in [5, 5.41) is 3.37. The molecule has 2 heterocycles. The van der Waals surface area contributed by atoms with Crippen molar-refractivity contribution in [1.29, 1.82) is 0 Å². The maximum absolute atomic E-state index is 5.12. The SMILES string of the molecule is COc1cc(C2CCNCC2)ccn1.Cl.Cl. The molecule has 0 spiro atoms. The predicted octanol–water partition coefficient (Wildman–Crippen LogP) is 2.40. The van der Waals surface area contributed by atoms with E-state index in [1.54, 1.807) is 7.11 Å². The molecule has 16 heavy (non-hydrogen) atoms. The van der Waals surface area contributed by atoms with Crippen LogP contribution in [0.1, 0.15) is 24.3 Å². The van der Waals surface area contributed by atoms with Crippen LogP contribution in [0.2, 0.25) is 0 Å². The van der Waals surface area contributed by atoms with Crippen LogP contribution in [0.4, 0.5) is 0 Å². The molecule has 1 fully saturated rings. The summed E-state index contributed by atoms with van der Waals surface area (Å²) in [5.41, 5.74) is 1.36. The summed E-state index contributed by atoms with van der Waals surface area (Å²) in [5.74, 6) is 1.40. The van der Waals surface area contributed by atoms with Gasteiger partial charge in [-0.25, -0.2) is 4.98 Å². The third kappa shape index (κ3) is 3.81. The molecule has 92 valence electrons. The number of nitrogens with zero attached hydrogens (tertiary/aromatic N) is 1. The Morgan fingerprint density at radius 1 is 1.31 bits per heavy atom. The number of hydrogen-bond acceptors (Lipinski definition) is 3. The van der Waals surface area contributed by atoms with Crippen LogP contribution < -0.4 is 10.1 Å². The fraction of sp³-hybridized carbons (Fsp3) is 0.545. The molecule has 1 saturated heterocycles. The van der Waals surface area contributed by atoms with Gasteiger partial charge in [0.1, 0.15) is 0 Å². The molecule has 2 rings (SSSR count). The number of hydrogen-bond donors (Lipinski definition) is 1. The maximum atomic E-state index is 5.12. The molecule has 1 N–H and O–H groups in total. The molecule has 0 bridgehead atoms. The molecule has 0 aliphatic carbocycles. The third-order valence-electron chi connectivity index (χ3n) is 2.78. The molecule has 1 aliphatic rings. The van der Waals surface area contributed by atoms with E-state index in [0.29, 0.717) is 5.92 Å². The molecule has 0 saturated carbocycles. The van der Waals surface area contributed by atoms with Gasteiger partial charge in [0.25, 0.3) is 0 Å². The highest BCUT2D eigenvalue weighted by molar-refractivity contribution is 5.85. The molecule has 0 amide bonds. The Balaban J connectivity index is 0.00000112. The van der Waals surface area contributed by atoms with Gasteiger partial charge < -0.3 is 10.1 Å². The Kier molecular flexibility index (Phi) is 7.47. The quantitative estimate of drug-likeness (QED) is 0.891. The highest BCUT2D eigenvalue weighted by Gasteiger charge is 2.15. The number of rotatable bonds is 2. The summed E-state index contributed by atoms with van der Waals surface area (Å²) in [4.78, 5) is 4.11. The second kappa shape index (κ2) is 7.71. The minimum atomic E-state index is 0. The van der Waals surface area contributed by atoms with Gasteiger partial charge in [-0.3, -0.25) is 0 Å². The van der Waals surface area contributed by atoms with Crippen LogP contribution in [0.3, 0.4) is 0 Å². The summed E-state index contributed by atoms with van der Waals surface area (Å²) in [6.07, 6.45) is 4.26. The second-order valence-corrected chi connectivity index (χ2v) is 3.66. The van der Waals surface area contributed by atoms with E-state index in [1.165, 1.54) is 18.4 Å². The highest BCUT2D eigenvalue weighted by atomic mass is 35.5. The normalized spacial score (nSPS) is 15.8. The summed E-state index contributed by atoms with van der Waals surface area (Å²) in [6.45, 7) is 2.24. The van der Waals surface area contributed by atoms with Gasteiger partial charge in [-0.05, 0) is 43.5 Å². The van der Waals surface area contributed by atoms with E-state index in [2.05, 4.69) is 22.4 Å². The lowest BCUT2D eigenvalue weighted by Crippen LogP contribution is -2.26. The van der Waals surface area contributed by atoms with Gasteiger partial charge >= 0.3 is 0 Å². The van der Waals surface area contributed by atoms with Gasteiger partial charge in [0.2, 0.25) is 5.88 Å². The van der Waals surface area contributed by atoms with Crippen LogP contribution >= 0.6 is 24.8 Å². The number of halogens is 2. The minimum absolute atomic E-state index is 0. The van der Waals surface area contributed by atoms with Gasteiger partial charge in [0.05, 0.1) is 7.11 Å². The van der Waals surface area contributed by atoms with E-state index in [-0.39, 0.29) is 24.8 Å². The van der Waals surface area contributed by atoms with E-state index in [4.69, 9.17) is 4.74 Å². The number of pyridine rings is 1. The average Bonchev–Trinajstić information content (AvgIpc) is 2.30. The average molecular weight is 265 g/mol. The molecule has 0 radical (unpaired) electrons. The zero-order valence-electron chi connectivity index (χ0n) is 9.31. The molecular formula is C11H18Cl2N2O. The van der Waals surface area contributed by atoms with Gasteiger partial charge in [-0.2, -0.15) is 0 Å². The molecule has 0 unspecified atom stereocenters. The maximum Gasteiger partial charge on any atom is 0.213 e. The van der Waals surface area contributed by atoms with Crippen molar-refractivity contribution in [1.82, 2.24) is 10.3 Å². The Bertz CT molecular complexity index is 304. The number of aromatic nitrogens is 1. The highest BCUT2D eigenvalue weighted by Crippen LogP contribution is 2.26. The van der Waals surface area contributed by atoms with Crippen LogP contribution in [0.15, 0.2) is 18.3 Å². The topological polar surface area (TPSA) is 34.1 Å². The summed E-state index contributed by atoms with van der Waals surface area (Å²) < 4.78 is 5.12. The fourth-order valence-corrected chi connectivity index (χ4v) is 1.95. The monoisotopic (exact) mass is 264 g/mol. The van der Waals surface area contributed by atoms with E-state index in [9.17, 15) is 0 Å². The Labute approximate surface area is 109 Å². The van der Waals surface area contributed by atoms with Crippen LogP contribution in [0.5, 0.6) is 5.88 Å². The van der Waals surface area contributed by atoms with Crippen LogP contribution in [0.25, 0.3) is 0 Å². The Morgan fingerprint density at radius 3 is 2.62 bits per heavy atom. The lowest BCUT2D eigenvalue weighted by atomic mass is 9.91. The zero-order chi connectivity index (χ0) is 9.80. The van der Waals surface area contributed by atoms with E-state index >= 15 is 0 Å². The number of ether oxygens (including phenoxy) is 1. The van der Waals surface area contributed by atoms with Crippen molar-refractivity contribution < 1.29 is 4.74 Å². The van der Waals surface area contributed by atoms with Gasteiger partial charge in [0, 0.05) is 12.3 Å². The summed E-state index contributed by atoms with van der Waals surface area (Å²) in [6, 6.07) is 4.15. The van der Waals surface area contributed by atoms with E-state index in [0.717, 1.165) is 19.0 Å². The molecule has 0 aromatic carbocycles.